The molecule has 8 rings (SSSR count). The number of nitrogens with one attached hydrogen (secondary N) is 10. The van der Waals surface area contributed by atoms with Crippen molar-refractivity contribution in [3.8, 4) is 5.75 Å². The van der Waals surface area contributed by atoms with Gasteiger partial charge in [0, 0.05) is 44.8 Å². The number of primary amides is 1. The molecule has 15 atom stereocenters. The molecule has 4 aromatic carbocycles. The molecule has 0 spiro atoms. The van der Waals surface area contributed by atoms with Crippen LogP contribution in [0.5, 0.6) is 5.75 Å². The van der Waals surface area contributed by atoms with Crippen LogP contribution < -0.4 is 64.6 Å². The van der Waals surface area contributed by atoms with Gasteiger partial charge in [0.1, 0.15) is 90.5 Å². The van der Waals surface area contributed by atoms with Crippen molar-refractivity contribution in [3.63, 3.8) is 0 Å². The number of nitrogens with two attached hydrogens (primary N) is 2. The molecule has 37 heteroatoms. The van der Waals surface area contributed by atoms with Gasteiger partial charge in [-0.3, -0.25) is 57.5 Å². The number of hydrogen-bond acceptors (Lipinski definition) is 21. The third-order valence-corrected chi connectivity index (χ3v) is 19.2. The van der Waals surface area contributed by atoms with Crippen LogP contribution in [0.1, 0.15) is 94.2 Å². The highest BCUT2D eigenvalue weighted by Crippen LogP contribution is 2.26. The molecular weight excluding hydrogens is 1480 g/mol. The summed E-state index contributed by atoms with van der Waals surface area (Å²) in [4.78, 5) is 177. The molecule has 0 aliphatic carbocycles. The summed E-state index contributed by atoms with van der Waals surface area (Å²) in [6.45, 7) is 4.92. The summed E-state index contributed by atoms with van der Waals surface area (Å²) in [5.41, 5.74) is 13.5. The molecule has 0 unspecified atom stereocenters. The Balaban J connectivity index is 1.20. The fourth-order valence-corrected chi connectivity index (χ4v) is 13.2. The van der Waals surface area contributed by atoms with E-state index >= 15 is 33.6 Å². The lowest BCUT2D eigenvalue weighted by molar-refractivity contribution is -0.272. The number of amides is 12. The van der Waals surface area contributed by atoms with E-state index in [1.807, 2.05) is 0 Å². The van der Waals surface area contributed by atoms with Crippen LogP contribution in [0.4, 0.5) is 13.2 Å². The minimum Gasteiger partial charge on any atom is -0.508 e. The van der Waals surface area contributed by atoms with Crippen molar-refractivity contribution in [2.24, 2.45) is 23.3 Å². The van der Waals surface area contributed by atoms with E-state index < -0.39 is 207 Å². The number of aliphatic hydroxyl groups excluding tert-OH is 3. The molecule has 12 amide bonds. The van der Waals surface area contributed by atoms with Crippen LogP contribution in [-0.4, -0.2) is 235 Å². The lowest BCUT2D eigenvalue weighted by Gasteiger charge is -2.42. The Morgan fingerprint density at radius 3 is 1.58 bits per heavy atom. The smallest absolute Gasteiger partial charge is 0.471 e. The van der Waals surface area contributed by atoms with Gasteiger partial charge in [-0.05, 0) is 84.9 Å². The molecule has 1 aromatic heterocycles. The second-order valence-corrected chi connectivity index (χ2v) is 28.8. The number of carbonyl (C=O) groups is 12. The lowest BCUT2D eigenvalue weighted by atomic mass is 9.97. The van der Waals surface area contributed by atoms with Crippen molar-refractivity contribution in [1.29, 1.82) is 0 Å². The molecule has 0 bridgehead atoms. The number of phenolic OH excluding ortho intramolecular Hbond substituents is 1. The Bertz CT molecular complexity index is 4070. The van der Waals surface area contributed by atoms with E-state index in [-0.39, 0.29) is 81.9 Å². The van der Waals surface area contributed by atoms with Gasteiger partial charge < -0.3 is 99.4 Å². The number of halogens is 3. The number of aromatic hydroxyl groups is 1. The van der Waals surface area contributed by atoms with E-state index in [4.69, 9.17) is 20.9 Å². The normalized spacial score (nSPS) is 26.0. The summed E-state index contributed by atoms with van der Waals surface area (Å²) in [5.74, 6) is -14.4. The van der Waals surface area contributed by atoms with E-state index in [0.29, 0.717) is 28.7 Å². The Hall–Kier alpha value is -11.0. The average molecular weight is 1580 g/mol. The summed E-state index contributed by atoms with van der Waals surface area (Å²) < 4.78 is 52.5. The second kappa shape index (κ2) is 41.5. The zero-order valence-corrected chi connectivity index (χ0v) is 62.8. The third kappa shape index (κ3) is 25.8. The minimum atomic E-state index is -5.46. The second-order valence-electron chi connectivity index (χ2n) is 28.8. The van der Waals surface area contributed by atoms with E-state index in [2.05, 4.69) is 58.2 Å². The number of fused-ring (bicyclic) bond motifs is 1. The molecule has 0 radical (unpaired) electrons. The van der Waals surface area contributed by atoms with Crippen LogP contribution in [0, 0.1) is 11.8 Å². The first-order valence-corrected chi connectivity index (χ1v) is 37.2. The maximum atomic E-state index is 15.3. The number of aromatic nitrogens is 3. The van der Waals surface area contributed by atoms with Crippen LogP contribution in [0.2, 0.25) is 0 Å². The fraction of sp³-hybridized carbons (Fsp3) is 0.500. The predicted octanol–water partition coefficient (Wildman–Crippen LogP) is -2.32. The molecule has 3 aliphatic rings. The maximum Gasteiger partial charge on any atom is 0.471 e. The van der Waals surface area contributed by atoms with Crippen molar-refractivity contribution in [2.75, 3.05) is 26.3 Å². The number of alkyl halides is 3. The Kier molecular flexibility index (Phi) is 32.2. The van der Waals surface area contributed by atoms with Gasteiger partial charge in [-0.25, -0.2) is 4.68 Å². The predicted molar refractivity (Wildman–Crippen MR) is 396 cm³/mol. The number of phenols is 1. The highest BCUT2D eigenvalue weighted by atomic mass is 19.4. The van der Waals surface area contributed by atoms with Crippen LogP contribution in [-0.2, 0) is 106 Å². The molecule has 0 saturated carbocycles. The number of ether oxygens (including phenoxy) is 2. The molecule has 34 nitrogen and oxygen atoms in total. The summed E-state index contributed by atoms with van der Waals surface area (Å²) >= 11 is 0. The highest BCUT2D eigenvalue weighted by Gasteiger charge is 2.50. The molecule has 612 valence electrons. The first-order chi connectivity index (χ1) is 53.8. The average Bonchev–Trinajstić information content (AvgIpc) is 1.69. The number of aliphatic hydroxyl groups is 3. The lowest BCUT2D eigenvalue weighted by Crippen LogP contribution is -2.65. The van der Waals surface area contributed by atoms with Gasteiger partial charge in [0.25, 0.3) is 0 Å². The van der Waals surface area contributed by atoms with Crippen molar-refractivity contribution in [3.05, 3.63) is 149 Å². The van der Waals surface area contributed by atoms with Crippen LogP contribution >= 0.6 is 0 Å². The SMILES string of the molecule is CC(C)C[C@@H]1NC(=O)[C@H](CCCN)NC(=O)[C@H](C(C)C)NC(=O)[C@H](Cc2ccc(O)cc2)NC(=O)[C@H](Cc2cn(CCO[C@@H]3O[C@H](CO)[C@H](O)[C@H](O)[C@H]3NC(=O)C(F)(F)F)nn2)NC(=O)[C@H](CC(N)=O)NC(=O)[C@@H](Cc2ccccc2)NC(=O)[C@H](Cc2ccccc2)NC(=O)[C@@H]2CCCN2C(=O)[C@@H](Cc2ccccc2)NC1=O. The first-order valence-electron chi connectivity index (χ1n) is 37.2. The van der Waals surface area contributed by atoms with E-state index in [0.717, 1.165) is 4.68 Å². The number of hydrogen-bond donors (Lipinski definition) is 16. The van der Waals surface area contributed by atoms with Gasteiger partial charge in [-0.1, -0.05) is 136 Å². The summed E-state index contributed by atoms with van der Waals surface area (Å²) in [7, 11) is 0. The fourth-order valence-electron chi connectivity index (χ4n) is 13.2. The molecule has 3 aliphatic heterocycles. The first kappa shape index (κ1) is 87.6. The van der Waals surface area contributed by atoms with Crippen LogP contribution in [0.15, 0.2) is 121 Å². The minimum absolute atomic E-state index is 0.0119. The zero-order chi connectivity index (χ0) is 82.2. The van der Waals surface area contributed by atoms with Gasteiger partial charge in [-0.15, -0.1) is 5.10 Å². The molecule has 113 heavy (non-hydrogen) atoms. The topological polar surface area (TPSA) is 511 Å². The zero-order valence-electron chi connectivity index (χ0n) is 62.8. The Morgan fingerprint density at radius 2 is 1.06 bits per heavy atom. The van der Waals surface area contributed by atoms with Crippen molar-refractivity contribution in [2.45, 2.75) is 202 Å². The summed E-state index contributed by atoms with van der Waals surface area (Å²) in [6.07, 6.45) is -14.0. The van der Waals surface area contributed by atoms with Crippen molar-refractivity contribution < 1.29 is 101 Å². The molecule has 18 N–H and O–H groups in total. The Labute approximate surface area is 648 Å². The Morgan fingerprint density at radius 1 is 0.602 bits per heavy atom. The summed E-state index contributed by atoms with van der Waals surface area (Å²) in [5, 5.41) is 75.3. The maximum absolute atomic E-state index is 15.3. The van der Waals surface area contributed by atoms with E-state index in [1.54, 1.807) is 119 Å². The van der Waals surface area contributed by atoms with Gasteiger partial charge in [0.05, 0.1) is 31.9 Å². The van der Waals surface area contributed by atoms with Gasteiger partial charge in [0.15, 0.2) is 6.29 Å². The standard InChI is InChI=1S/C76H99F3N16O18/c1-41(2)32-50-65(102)89-56(36-45-20-12-7-13-21-45)73(110)95-29-15-23-57(95)71(108)88-52(34-44-18-10-6-11-19-44)67(104)84-51(33-43-16-8-5-9-17-43)66(103)87-55(38-59(81)98)69(106)86-54(37-47-39-94(93-92-47)30-31-112-74-61(91-75(111)76(77,78)79)63(100)62(99)58(40-96)113-74)68(105)85-53(35-46-24-26-48(97)27-25-46)70(107)90-60(42(3)4)72(109)82-49(22-14-28-80)64(101)83-50/h5-13,16-21,24-27,39,41-42,49-58,60-63,74,96-97,99-100H,14-15,22-23,28-38,40,80H2,1-4H3,(H2,81,98)(H,82,109)(H,83,101)(H,84,104)(H,85,105)(H,86,106)(H,87,103)(H,88,108)(H,89,102)(H,90,107)(H,91,111)/t49-,50-,51+,52-,53-,54-,55-,56+,57-,58+,60-,61+,62-,63+,74+/m0/s1. The van der Waals surface area contributed by atoms with Crippen molar-refractivity contribution in [1.82, 2.24) is 73.1 Å². The number of rotatable bonds is 24. The number of carbonyl (C=O) groups excluding carboxylic acids is 12. The summed E-state index contributed by atoms with van der Waals surface area (Å²) in [6, 6.07) is 13.2. The third-order valence-electron chi connectivity index (χ3n) is 19.2. The number of nitrogens with zero attached hydrogens (tertiary/aromatic N) is 4. The van der Waals surface area contributed by atoms with Crippen LogP contribution in [0.3, 0.4) is 0 Å². The van der Waals surface area contributed by atoms with Gasteiger partial charge >= 0.3 is 12.1 Å². The molecule has 3 fully saturated rings. The number of benzene rings is 4. The monoisotopic (exact) mass is 1580 g/mol. The van der Waals surface area contributed by atoms with Gasteiger partial charge in [0.2, 0.25) is 65.0 Å². The van der Waals surface area contributed by atoms with Gasteiger partial charge in [-0.2, -0.15) is 13.2 Å². The molecular formula is C76H99F3N16O18. The van der Waals surface area contributed by atoms with E-state index in [1.165, 1.54) is 40.7 Å². The largest absolute Gasteiger partial charge is 0.508 e. The molecule has 3 saturated heterocycles. The van der Waals surface area contributed by atoms with Crippen molar-refractivity contribution >= 4 is 70.9 Å². The van der Waals surface area contributed by atoms with Crippen LogP contribution in [0.25, 0.3) is 0 Å². The highest BCUT2D eigenvalue weighted by molar-refractivity contribution is 6.01. The molecule has 4 heterocycles. The van der Waals surface area contributed by atoms with E-state index in [9.17, 15) is 57.6 Å². The molecule has 5 aromatic rings. The quantitative estimate of drug-likeness (QED) is 0.0308.